The molecular weight excluding hydrogens is 566 g/mol. The second-order valence-electron chi connectivity index (χ2n) is 12.0. The second kappa shape index (κ2) is 12.8. The summed E-state index contributed by atoms with van der Waals surface area (Å²) in [6.45, 7) is 3.99. The molecule has 2 aliphatic carbocycles. The summed E-state index contributed by atoms with van der Waals surface area (Å²) in [5.74, 6) is 0.347. The van der Waals surface area contributed by atoms with Gasteiger partial charge >= 0.3 is 0 Å². The van der Waals surface area contributed by atoms with Crippen molar-refractivity contribution in [3.05, 3.63) is 111 Å². The summed E-state index contributed by atoms with van der Waals surface area (Å²) in [6, 6.07) is 15.4. The summed E-state index contributed by atoms with van der Waals surface area (Å²) in [4.78, 5) is 47.0. The van der Waals surface area contributed by atoms with Crippen molar-refractivity contribution in [2.45, 2.75) is 64.1 Å². The third kappa shape index (κ3) is 6.34. The maximum absolute atomic E-state index is 13.5. The maximum atomic E-state index is 13.5. The molecule has 0 spiro atoms. The van der Waals surface area contributed by atoms with Gasteiger partial charge in [0.25, 0.3) is 5.91 Å². The number of anilines is 1. The maximum Gasteiger partial charge on any atom is 0.274 e. The summed E-state index contributed by atoms with van der Waals surface area (Å²) < 4.78 is 10.9. The van der Waals surface area contributed by atoms with Crippen molar-refractivity contribution in [3.63, 3.8) is 0 Å². The largest absolute Gasteiger partial charge is 0.352 e. The molecule has 4 aromatic rings. The third-order valence-corrected chi connectivity index (χ3v) is 8.97. The first-order valence-electron chi connectivity index (χ1n) is 15.4. The van der Waals surface area contributed by atoms with E-state index in [4.69, 9.17) is 9.47 Å². The number of pyridine rings is 2. The average Bonchev–Trinajstić information content (AvgIpc) is 3.98. The zero-order chi connectivity index (χ0) is 31.7. The van der Waals surface area contributed by atoms with E-state index >= 15 is 0 Å². The number of Topliss-reactive ketones (excluding diaryl/α,β-unsaturated/α-hetero) is 1. The van der Waals surface area contributed by atoms with Crippen LogP contribution < -0.4 is 5.32 Å². The molecule has 2 saturated carbocycles. The van der Waals surface area contributed by atoms with Crippen molar-refractivity contribution in [2.24, 2.45) is 0 Å². The SMILES string of the molecule is COC(OC)c1cnc(C(=O)Cc2cccc(-c3cccc(NC(=O)c4cc(C5CC5)c(C=O)cn4)c3C)c2C)cc1C1CC1. The van der Waals surface area contributed by atoms with Gasteiger partial charge in [-0.15, -0.1) is 0 Å². The minimum absolute atomic E-state index is 0.0496. The predicted octanol–water partition coefficient (Wildman–Crippen LogP) is 7.30. The molecule has 2 aromatic carbocycles. The number of hydrogen-bond acceptors (Lipinski definition) is 7. The van der Waals surface area contributed by atoms with E-state index in [1.807, 2.05) is 56.3 Å². The van der Waals surface area contributed by atoms with E-state index in [0.29, 0.717) is 28.8 Å². The van der Waals surface area contributed by atoms with E-state index in [1.165, 1.54) is 6.20 Å². The first kappa shape index (κ1) is 30.5. The Morgan fingerprint density at radius 3 is 2.16 bits per heavy atom. The Kier molecular flexibility index (Phi) is 8.70. The zero-order valence-electron chi connectivity index (χ0n) is 26.1. The molecule has 1 N–H and O–H groups in total. The minimum Gasteiger partial charge on any atom is -0.352 e. The highest BCUT2D eigenvalue weighted by Crippen LogP contribution is 2.44. The van der Waals surface area contributed by atoms with E-state index in [-0.39, 0.29) is 23.8 Å². The number of nitrogens with zero attached hydrogens (tertiary/aromatic N) is 2. The molecule has 0 radical (unpaired) electrons. The third-order valence-electron chi connectivity index (χ3n) is 8.97. The van der Waals surface area contributed by atoms with Gasteiger partial charge in [0.2, 0.25) is 0 Å². The fraction of sp³-hybridized carbons (Fsp3) is 0.324. The van der Waals surface area contributed by atoms with Crippen LogP contribution in [0.2, 0.25) is 0 Å². The smallest absolute Gasteiger partial charge is 0.274 e. The summed E-state index contributed by atoms with van der Waals surface area (Å²) >= 11 is 0. The van der Waals surface area contributed by atoms with E-state index in [1.54, 1.807) is 26.5 Å². The number of aldehydes is 1. The number of amides is 1. The molecule has 0 atom stereocenters. The second-order valence-corrected chi connectivity index (χ2v) is 12.0. The molecule has 230 valence electrons. The molecule has 8 nitrogen and oxygen atoms in total. The van der Waals surface area contributed by atoms with E-state index in [9.17, 15) is 14.4 Å². The van der Waals surface area contributed by atoms with Crippen LogP contribution in [0.15, 0.2) is 60.9 Å². The van der Waals surface area contributed by atoms with Crippen LogP contribution >= 0.6 is 0 Å². The molecule has 1 amide bonds. The number of nitrogens with one attached hydrogen (secondary N) is 1. The number of rotatable bonds is 12. The molecule has 8 heteroatoms. The number of ether oxygens (including phenoxy) is 2. The normalized spacial score (nSPS) is 14.4. The first-order valence-corrected chi connectivity index (χ1v) is 15.4. The lowest BCUT2D eigenvalue weighted by Gasteiger charge is -2.18. The fourth-order valence-electron chi connectivity index (χ4n) is 6.06. The summed E-state index contributed by atoms with van der Waals surface area (Å²) in [5, 5.41) is 3.02. The summed E-state index contributed by atoms with van der Waals surface area (Å²) in [7, 11) is 3.20. The van der Waals surface area contributed by atoms with Crippen LogP contribution in [0.5, 0.6) is 0 Å². The lowest BCUT2D eigenvalue weighted by Crippen LogP contribution is -2.15. The van der Waals surface area contributed by atoms with E-state index in [0.717, 1.165) is 76.5 Å². The van der Waals surface area contributed by atoms with E-state index in [2.05, 4.69) is 15.3 Å². The van der Waals surface area contributed by atoms with Crippen molar-refractivity contribution >= 4 is 23.7 Å². The van der Waals surface area contributed by atoms with Gasteiger partial charge in [0, 0.05) is 49.8 Å². The predicted molar refractivity (Wildman–Crippen MR) is 172 cm³/mol. The highest BCUT2D eigenvalue weighted by Gasteiger charge is 2.30. The molecule has 0 saturated heterocycles. The highest BCUT2D eigenvalue weighted by atomic mass is 16.7. The van der Waals surface area contributed by atoms with Crippen LogP contribution in [0.4, 0.5) is 5.69 Å². The van der Waals surface area contributed by atoms with Crippen LogP contribution in [0.3, 0.4) is 0 Å². The Morgan fingerprint density at radius 1 is 0.867 bits per heavy atom. The standard InChI is InChI=1S/C37H37N3O5/c1-21-25(15-35(42)33-17-30(24-13-14-24)31(19-39-33)37(44-3)45-4)7-5-8-27(21)28-9-6-10-32(22(28)2)40-36(43)34-16-29(23-11-12-23)26(20-41)18-38-34/h5-10,16-20,23-24,37H,11-15H2,1-4H3,(H,40,43). The van der Waals surface area contributed by atoms with Gasteiger partial charge in [-0.1, -0.05) is 30.3 Å². The van der Waals surface area contributed by atoms with Gasteiger partial charge in [-0.3, -0.25) is 24.4 Å². The monoisotopic (exact) mass is 603 g/mol. The Morgan fingerprint density at radius 2 is 1.49 bits per heavy atom. The Hall–Kier alpha value is -4.53. The molecule has 2 fully saturated rings. The number of methoxy groups -OCH3 is 2. The van der Waals surface area contributed by atoms with Gasteiger partial charge in [-0.2, -0.15) is 0 Å². The zero-order valence-corrected chi connectivity index (χ0v) is 26.1. The van der Waals surface area contributed by atoms with Crippen LogP contribution in [-0.2, 0) is 15.9 Å². The fourth-order valence-corrected chi connectivity index (χ4v) is 6.06. The van der Waals surface area contributed by atoms with Crippen LogP contribution in [0.1, 0.15) is 109 Å². The molecule has 6 rings (SSSR count). The molecule has 2 aliphatic rings. The lowest BCUT2D eigenvalue weighted by molar-refractivity contribution is -0.106. The number of carbonyl (C=O) groups is 3. The number of hydrogen-bond donors (Lipinski definition) is 1. The van der Waals surface area contributed by atoms with E-state index < -0.39 is 6.29 Å². The summed E-state index contributed by atoms with van der Waals surface area (Å²) in [6.07, 6.45) is 7.90. The molecular formula is C37H37N3O5. The number of ketones is 1. The van der Waals surface area contributed by atoms with Crippen molar-refractivity contribution in [1.82, 2.24) is 9.97 Å². The van der Waals surface area contributed by atoms with Crippen molar-refractivity contribution in [1.29, 1.82) is 0 Å². The summed E-state index contributed by atoms with van der Waals surface area (Å²) in [5.41, 5.74) is 9.56. The molecule has 0 aliphatic heterocycles. The first-order chi connectivity index (χ1) is 21.8. The Labute approximate surface area is 263 Å². The molecule has 2 heterocycles. The van der Waals surface area contributed by atoms with Crippen LogP contribution in [-0.4, -0.2) is 42.2 Å². The van der Waals surface area contributed by atoms with Gasteiger partial charge in [0.15, 0.2) is 18.4 Å². The van der Waals surface area contributed by atoms with Crippen LogP contribution in [0, 0.1) is 13.8 Å². The molecule has 45 heavy (non-hydrogen) atoms. The molecule has 2 aromatic heterocycles. The number of carbonyl (C=O) groups excluding carboxylic acids is 3. The topological polar surface area (TPSA) is 107 Å². The Balaban J connectivity index is 1.23. The van der Waals surface area contributed by atoms with Gasteiger partial charge in [-0.05, 0) is 109 Å². The highest BCUT2D eigenvalue weighted by molar-refractivity contribution is 6.04. The van der Waals surface area contributed by atoms with Gasteiger partial charge in [0.1, 0.15) is 11.4 Å². The molecule has 0 unspecified atom stereocenters. The van der Waals surface area contributed by atoms with Crippen molar-refractivity contribution < 1.29 is 23.9 Å². The number of aromatic nitrogens is 2. The molecule has 0 bridgehead atoms. The van der Waals surface area contributed by atoms with Gasteiger partial charge in [0.05, 0.1) is 0 Å². The van der Waals surface area contributed by atoms with Gasteiger partial charge in [-0.25, -0.2) is 0 Å². The van der Waals surface area contributed by atoms with Gasteiger partial charge < -0.3 is 14.8 Å². The minimum atomic E-state index is -0.514. The van der Waals surface area contributed by atoms with Crippen molar-refractivity contribution in [2.75, 3.05) is 19.5 Å². The number of benzene rings is 2. The van der Waals surface area contributed by atoms with Crippen molar-refractivity contribution in [3.8, 4) is 11.1 Å². The quantitative estimate of drug-likeness (QED) is 0.103. The lowest BCUT2D eigenvalue weighted by atomic mass is 9.90. The Bertz CT molecular complexity index is 1790. The average molecular weight is 604 g/mol. The van der Waals surface area contributed by atoms with Crippen LogP contribution in [0.25, 0.3) is 11.1 Å².